The van der Waals surface area contributed by atoms with Crippen molar-refractivity contribution in [1.82, 2.24) is 14.7 Å². The fraction of sp³-hybridized carbons (Fsp3) is 0.214. The molecule has 1 aliphatic rings. The Morgan fingerprint density at radius 3 is 2.23 bits per heavy atom. The highest BCUT2D eigenvalue weighted by atomic mass is 35.5. The number of nitrogens with zero attached hydrogens (tertiary/aromatic N) is 4. The van der Waals surface area contributed by atoms with Crippen molar-refractivity contribution in [2.45, 2.75) is 13.8 Å². The number of benzene rings is 3. The van der Waals surface area contributed by atoms with Crippen molar-refractivity contribution in [3.63, 3.8) is 0 Å². The van der Waals surface area contributed by atoms with Crippen LogP contribution in [0, 0.1) is 19.7 Å². The van der Waals surface area contributed by atoms with Gasteiger partial charge in [0.15, 0.2) is 0 Å². The molecule has 0 bridgehead atoms. The number of anilines is 1. The number of amides is 1. The van der Waals surface area contributed by atoms with Gasteiger partial charge in [0, 0.05) is 31.7 Å². The number of aromatic nitrogens is 2. The lowest BCUT2D eigenvalue weighted by Crippen LogP contribution is -2.49. The maximum Gasteiger partial charge on any atom is 0.272 e. The molecule has 0 radical (unpaired) electrons. The first-order valence-electron chi connectivity index (χ1n) is 11.6. The third kappa shape index (κ3) is 4.54. The van der Waals surface area contributed by atoms with Gasteiger partial charge in [-0.15, -0.1) is 0 Å². The van der Waals surface area contributed by atoms with Crippen molar-refractivity contribution >= 4 is 23.2 Å². The molecule has 4 aromatic rings. The van der Waals surface area contributed by atoms with Gasteiger partial charge in [0.2, 0.25) is 0 Å². The maximum absolute atomic E-state index is 14.2. The number of hydrogen-bond acceptors (Lipinski definition) is 3. The van der Waals surface area contributed by atoms with Gasteiger partial charge < -0.3 is 9.80 Å². The maximum atomic E-state index is 14.2. The predicted molar refractivity (Wildman–Crippen MR) is 138 cm³/mol. The summed E-state index contributed by atoms with van der Waals surface area (Å²) in [6, 6.07) is 22.1. The van der Waals surface area contributed by atoms with E-state index in [1.165, 1.54) is 11.6 Å². The Labute approximate surface area is 209 Å². The quantitative estimate of drug-likeness (QED) is 0.358. The summed E-state index contributed by atoms with van der Waals surface area (Å²) in [5.74, 6) is -0.372. The van der Waals surface area contributed by atoms with Crippen molar-refractivity contribution < 1.29 is 9.18 Å². The highest BCUT2D eigenvalue weighted by Crippen LogP contribution is 2.28. The van der Waals surface area contributed by atoms with E-state index < -0.39 is 0 Å². The highest BCUT2D eigenvalue weighted by molar-refractivity contribution is 6.32. The molecule has 1 saturated heterocycles. The summed E-state index contributed by atoms with van der Waals surface area (Å²) in [7, 11) is 0. The third-order valence-corrected chi connectivity index (χ3v) is 6.89. The first-order valence-corrected chi connectivity index (χ1v) is 12.0. The zero-order chi connectivity index (χ0) is 24.5. The molecule has 35 heavy (non-hydrogen) atoms. The molecule has 1 amide bonds. The number of para-hydroxylation sites is 2. The van der Waals surface area contributed by atoms with Crippen molar-refractivity contribution in [3.8, 4) is 16.9 Å². The lowest BCUT2D eigenvalue weighted by molar-refractivity contribution is 0.0737. The molecular weight excluding hydrogens is 463 g/mol. The number of hydrogen-bond donors (Lipinski definition) is 0. The molecule has 0 saturated carbocycles. The van der Waals surface area contributed by atoms with Gasteiger partial charge in [0.05, 0.1) is 22.1 Å². The molecule has 1 aliphatic heterocycles. The van der Waals surface area contributed by atoms with E-state index in [9.17, 15) is 9.18 Å². The van der Waals surface area contributed by atoms with Gasteiger partial charge in [0.25, 0.3) is 5.91 Å². The van der Waals surface area contributed by atoms with Crippen LogP contribution in [0.2, 0.25) is 5.02 Å². The first-order chi connectivity index (χ1) is 16.9. The molecular formula is C28H26ClFN4O. The van der Waals surface area contributed by atoms with Gasteiger partial charge in [-0.05, 0) is 61.4 Å². The molecule has 7 heteroatoms. The highest BCUT2D eigenvalue weighted by Gasteiger charge is 2.27. The summed E-state index contributed by atoms with van der Waals surface area (Å²) in [5, 5.41) is 5.31. The first kappa shape index (κ1) is 23.1. The summed E-state index contributed by atoms with van der Waals surface area (Å²) in [6.07, 6.45) is 0. The van der Waals surface area contributed by atoms with Crippen LogP contribution in [0.15, 0.2) is 72.8 Å². The van der Waals surface area contributed by atoms with Crippen LogP contribution in [0.5, 0.6) is 0 Å². The van der Waals surface area contributed by atoms with Crippen molar-refractivity contribution in [2.24, 2.45) is 0 Å². The molecule has 3 aromatic carbocycles. The van der Waals surface area contributed by atoms with Gasteiger partial charge >= 0.3 is 0 Å². The SMILES string of the molecule is Cc1ccc(-c2cc(C(=O)N3CCN(c4ccccc4F)CC3)n(-c3ccccc3Cl)n2)cc1C. The fourth-order valence-corrected chi connectivity index (χ4v) is 4.62. The average Bonchev–Trinajstić information content (AvgIpc) is 3.31. The van der Waals surface area contributed by atoms with E-state index >= 15 is 0 Å². The smallest absolute Gasteiger partial charge is 0.272 e. The lowest BCUT2D eigenvalue weighted by atomic mass is 10.0. The van der Waals surface area contributed by atoms with Gasteiger partial charge in [-0.3, -0.25) is 4.79 Å². The van der Waals surface area contributed by atoms with Crippen LogP contribution < -0.4 is 4.90 Å². The number of carbonyl (C=O) groups excluding carboxylic acids is 1. The molecule has 0 aliphatic carbocycles. The molecule has 178 valence electrons. The van der Waals surface area contributed by atoms with Crippen LogP contribution in [0.1, 0.15) is 21.6 Å². The molecule has 5 nitrogen and oxygen atoms in total. The Bertz CT molecular complexity index is 1390. The standard InChI is InChI=1S/C28H26ClFN4O/c1-19-11-12-21(17-20(19)2)24-18-27(34(31-24)25-9-5-3-7-22(25)29)28(35)33-15-13-32(14-16-33)26-10-6-4-8-23(26)30/h3-12,17-18H,13-16H2,1-2H3. The van der Waals surface area contributed by atoms with Crippen LogP contribution in [-0.4, -0.2) is 46.8 Å². The van der Waals surface area contributed by atoms with Crippen LogP contribution >= 0.6 is 11.6 Å². The number of halogens is 2. The minimum Gasteiger partial charge on any atom is -0.366 e. The molecule has 0 unspecified atom stereocenters. The van der Waals surface area contributed by atoms with Gasteiger partial charge in [-0.1, -0.05) is 48.0 Å². The second kappa shape index (κ2) is 9.55. The molecule has 0 N–H and O–H groups in total. The molecule has 0 atom stereocenters. The monoisotopic (exact) mass is 488 g/mol. The molecule has 5 rings (SSSR count). The Morgan fingerprint density at radius 1 is 0.857 bits per heavy atom. The van der Waals surface area contributed by atoms with E-state index in [0.29, 0.717) is 54.0 Å². The normalized spacial score (nSPS) is 13.8. The number of rotatable bonds is 4. The van der Waals surface area contributed by atoms with E-state index in [0.717, 1.165) is 11.1 Å². The topological polar surface area (TPSA) is 41.4 Å². The predicted octanol–water partition coefficient (Wildman–Crippen LogP) is 5.91. The number of carbonyl (C=O) groups is 1. The van der Waals surface area contributed by atoms with Crippen LogP contribution in [-0.2, 0) is 0 Å². The summed E-state index contributed by atoms with van der Waals surface area (Å²) in [6.45, 7) is 6.20. The average molecular weight is 489 g/mol. The van der Waals surface area contributed by atoms with E-state index in [-0.39, 0.29) is 11.7 Å². The Hall–Kier alpha value is -3.64. The lowest BCUT2D eigenvalue weighted by Gasteiger charge is -2.36. The van der Waals surface area contributed by atoms with Gasteiger partial charge in [-0.25, -0.2) is 9.07 Å². The van der Waals surface area contributed by atoms with Crippen LogP contribution in [0.25, 0.3) is 16.9 Å². The van der Waals surface area contributed by atoms with Crippen molar-refractivity contribution in [2.75, 3.05) is 31.1 Å². The Morgan fingerprint density at radius 2 is 1.54 bits per heavy atom. The van der Waals surface area contributed by atoms with Gasteiger partial charge in [0.1, 0.15) is 11.5 Å². The largest absolute Gasteiger partial charge is 0.366 e. The Kier molecular flexibility index (Phi) is 6.31. The molecule has 1 fully saturated rings. The van der Waals surface area contributed by atoms with Crippen molar-refractivity contribution in [3.05, 3.63) is 100 Å². The fourth-order valence-electron chi connectivity index (χ4n) is 4.40. The van der Waals surface area contributed by atoms with Crippen LogP contribution in [0.4, 0.5) is 10.1 Å². The van der Waals surface area contributed by atoms with E-state index in [1.807, 2.05) is 41.3 Å². The number of piperazine rings is 1. The van der Waals surface area contributed by atoms with E-state index in [4.69, 9.17) is 16.7 Å². The molecule has 2 heterocycles. The summed E-state index contributed by atoms with van der Waals surface area (Å²) >= 11 is 6.50. The minimum atomic E-state index is -0.248. The zero-order valence-electron chi connectivity index (χ0n) is 19.7. The zero-order valence-corrected chi connectivity index (χ0v) is 20.5. The van der Waals surface area contributed by atoms with Crippen molar-refractivity contribution in [1.29, 1.82) is 0 Å². The molecule has 1 aromatic heterocycles. The number of aryl methyl sites for hydroxylation is 2. The summed E-state index contributed by atoms with van der Waals surface area (Å²) in [4.78, 5) is 17.5. The van der Waals surface area contributed by atoms with E-state index in [2.05, 4.69) is 26.0 Å². The van der Waals surface area contributed by atoms with E-state index in [1.54, 1.807) is 27.8 Å². The summed E-state index contributed by atoms with van der Waals surface area (Å²) < 4.78 is 15.9. The minimum absolute atomic E-state index is 0.124. The third-order valence-electron chi connectivity index (χ3n) is 6.57. The molecule has 0 spiro atoms. The van der Waals surface area contributed by atoms with Crippen LogP contribution in [0.3, 0.4) is 0 Å². The van der Waals surface area contributed by atoms with Gasteiger partial charge in [-0.2, -0.15) is 5.10 Å². The Balaban J connectivity index is 1.47. The summed E-state index contributed by atoms with van der Waals surface area (Å²) in [5.41, 5.74) is 5.68. The second-order valence-corrected chi connectivity index (χ2v) is 9.21. The second-order valence-electron chi connectivity index (χ2n) is 8.81.